The van der Waals surface area contributed by atoms with Crippen molar-refractivity contribution < 1.29 is 4.52 Å². The Labute approximate surface area is 119 Å². The van der Waals surface area contributed by atoms with Crippen molar-refractivity contribution in [2.75, 3.05) is 6.54 Å². The third kappa shape index (κ3) is 3.63. The van der Waals surface area contributed by atoms with Crippen LogP contribution in [0, 0.1) is 6.92 Å². The molecule has 5 heteroatoms. The number of aromatic nitrogens is 3. The molecule has 0 aliphatic rings. The van der Waals surface area contributed by atoms with Crippen LogP contribution in [0.3, 0.4) is 0 Å². The number of nitrogens with one attached hydrogen (secondary N) is 1. The first-order valence-electron chi connectivity index (χ1n) is 7.21. The lowest BCUT2D eigenvalue weighted by Gasteiger charge is -2.13. The molecule has 0 amide bonds. The quantitative estimate of drug-likeness (QED) is 0.841. The van der Waals surface area contributed by atoms with Crippen molar-refractivity contribution in [3.8, 4) is 11.4 Å². The standard InChI is InChI=1S/C15H22N4O/c1-4-7-17-12(5-2)9-14-18-15(19-20-14)13-10-16-8-6-11(13)3/h6,8,10,12,17H,4-5,7,9H2,1-3H3. The normalized spacial score (nSPS) is 12.6. The van der Waals surface area contributed by atoms with Crippen LogP contribution in [0.25, 0.3) is 11.4 Å². The van der Waals surface area contributed by atoms with Gasteiger partial charge in [-0.25, -0.2) is 0 Å². The van der Waals surface area contributed by atoms with Gasteiger partial charge in [0.1, 0.15) is 0 Å². The predicted molar refractivity (Wildman–Crippen MR) is 78.3 cm³/mol. The second-order valence-electron chi connectivity index (χ2n) is 4.97. The minimum atomic E-state index is 0.387. The molecule has 2 aromatic heterocycles. The first-order chi connectivity index (χ1) is 9.74. The fourth-order valence-electron chi connectivity index (χ4n) is 2.07. The van der Waals surface area contributed by atoms with Gasteiger partial charge in [0, 0.05) is 30.4 Å². The molecule has 0 saturated heterocycles. The Morgan fingerprint density at radius 2 is 2.20 bits per heavy atom. The van der Waals surface area contributed by atoms with E-state index in [4.69, 9.17) is 4.52 Å². The highest BCUT2D eigenvalue weighted by Crippen LogP contribution is 2.19. The first-order valence-corrected chi connectivity index (χ1v) is 7.21. The van der Waals surface area contributed by atoms with Crippen LogP contribution >= 0.6 is 0 Å². The van der Waals surface area contributed by atoms with Crippen molar-refractivity contribution in [2.24, 2.45) is 0 Å². The lowest BCUT2D eigenvalue weighted by molar-refractivity contribution is 0.354. The topological polar surface area (TPSA) is 63.8 Å². The van der Waals surface area contributed by atoms with E-state index >= 15 is 0 Å². The zero-order chi connectivity index (χ0) is 14.4. The molecule has 1 atom stereocenters. The molecule has 0 spiro atoms. The van der Waals surface area contributed by atoms with Gasteiger partial charge in [0.25, 0.3) is 0 Å². The van der Waals surface area contributed by atoms with Crippen LogP contribution in [0.4, 0.5) is 0 Å². The molecule has 5 nitrogen and oxygen atoms in total. The average Bonchev–Trinajstić information content (AvgIpc) is 2.92. The lowest BCUT2D eigenvalue weighted by atomic mass is 10.1. The zero-order valence-electron chi connectivity index (χ0n) is 12.4. The van der Waals surface area contributed by atoms with Gasteiger partial charge in [-0.15, -0.1) is 0 Å². The van der Waals surface area contributed by atoms with Gasteiger partial charge in [0.05, 0.1) is 0 Å². The van der Waals surface area contributed by atoms with E-state index in [0.29, 0.717) is 17.8 Å². The minimum Gasteiger partial charge on any atom is -0.339 e. The van der Waals surface area contributed by atoms with E-state index in [0.717, 1.165) is 36.9 Å². The Bertz CT molecular complexity index is 538. The lowest BCUT2D eigenvalue weighted by Crippen LogP contribution is -2.31. The first kappa shape index (κ1) is 14.7. The molecule has 2 aromatic rings. The number of aryl methyl sites for hydroxylation is 1. The van der Waals surface area contributed by atoms with Crippen molar-refractivity contribution in [3.63, 3.8) is 0 Å². The van der Waals surface area contributed by atoms with Gasteiger partial charge in [0.2, 0.25) is 11.7 Å². The third-order valence-corrected chi connectivity index (χ3v) is 3.34. The van der Waals surface area contributed by atoms with Crippen LogP contribution in [-0.2, 0) is 6.42 Å². The summed E-state index contributed by atoms with van der Waals surface area (Å²) in [6.07, 6.45) is 6.48. The molecule has 20 heavy (non-hydrogen) atoms. The van der Waals surface area contributed by atoms with Crippen LogP contribution in [0.15, 0.2) is 23.0 Å². The van der Waals surface area contributed by atoms with Gasteiger partial charge in [-0.2, -0.15) is 4.98 Å². The van der Waals surface area contributed by atoms with E-state index in [1.807, 2.05) is 13.0 Å². The molecule has 2 rings (SSSR count). The number of hydrogen-bond acceptors (Lipinski definition) is 5. The van der Waals surface area contributed by atoms with Crippen LogP contribution < -0.4 is 5.32 Å². The zero-order valence-corrected chi connectivity index (χ0v) is 12.4. The Balaban J connectivity index is 2.07. The summed E-state index contributed by atoms with van der Waals surface area (Å²) >= 11 is 0. The van der Waals surface area contributed by atoms with Gasteiger partial charge in [-0.05, 0) is 37.9 Å². The van der Waals surface area contributed by atoms with Crippen LogP contribution in [-0.4, -0.2) is 27.7 Å². The second kappa shape index (κ2) is 7.14. The van der Waals surface area contributed by atoms with Gasteiger partial charge < -0.3 is 9.84 Å². The highest BCUT2D eigenvalue weighted by atomic mass is 16.5. The molecule has 0 bridgehead atoms. The van der Waals surface area contributed by atoms with Gasteiger partial charge in [0.15, 0.2) is 0 Å². The SMILES string of the molecule is CCCNC(CC)Cc1nc(-c2cnccc2C)no1. The van der Waals surface area contributed by atoms with E-state index in [1.165, 1.54) is 0 Å². The van der Waals surface area contributed by atoms with Crippen LogP contribution in [0.2, 0.25) is 0 Å². The van der Waals surface area contributed by atoms with Crippen LogP contribution in [0.1, 0.15) is 38.1 Å². The summed E-state index contributed by atoms with van der Waals surface area (Å²) in [4.78, 5) is 8.59. The number of nitrogens with zero attached hydrogens (tertiary/aromatic N) is 3. The van der Waals surface area contributed by atoms with Crippen molar-refractivity contribution in [1.29, 1.82) is 0 Å². The molecule has 0 fully saturated rings. The molecule has 0 aromatic carbocycles. The van der Waals surface area contributed by atoms with E-state index in [2.05, 4.69) is 34.3 Å². The molecular formula is C15H22N4O. The summed E-state index contributed by atoms with van der Waals surface area (Å²) < 4.78 is 5.36. The second-order valence-corrected chi connectivity index (χ2v) is 4.97. The highest BCUT2D eigenvalue weighted by molar-refractivity contribution is 5.57. The van der Waals surface area contributed by atoms with Gasteiger partial charge in [-0.1, -0.05) is 19.0 Å². The summed E-state index contributed by atoms with van der Waals surface area (Å²) in [5.41, 5.74) is 2.03. The molecular weight excluding hydrogens is 252 g/mol. The molecule has 1 unspecified atom stereocenters. The monoisotopic (exact) mass is 274 g/mol. The predicted octanol–water partition coefficient (Wildman–Crippen LogP) is 2.76. The fraction of sp³-hybridized carbons (Fsp3) is 0.533. The summed E-state index contributed by atoms with van der Waals surface area (Å²) in [7, 11) is 0. The average molecular weight is 274 g/mol. The molecule has 0 aliphatic carbocycles. The van der Waals surface area contributed by atoms with Crippen molar-refractivity contribution in [2.45, 2.75) is 46.1 Å². The number of rotatable bonds is 7. The minimum absolute atomic E-state index is 0.387. The molecule has 0 saturated carbocycles. The Kier molecular flexibility index (Phi) is 5.24. The Morgan fingerprint density at radius 3 is 2.90 bits per heavy atom. The van der Waals surface area contributed by atoms with Crippen LogP contribution in [0.5, 0.6) is 0 Å². The largest absolute Gasteiger partial charge is 0.339 e. The Hall–Kier alpha value is -1.75. The van der Waals surface area contributed by atoms with Crippen molar-refractivity contribution in [1.82, 2.24) is 20.4 Å². The maximum Gasteiger partial charge on any atom is 0.228 e. The number of hydrogen-bond donors (Lipinski definition) is 1. The van der Waals surface area contributed by atoms with Crippen molar-refractivity contribution in [3.05, 3.63) is 29.9 Å². The van der Waals surface area contributed by atoms with E-state index in [9.17, 15) is 0 Å². The molecule has 108 valence electrons. The fourth-order valence-corrected chi connectivity index (χ4v) is 2.07. The van der Waals surface area contributed by atoms with E-state index < -0.39 is 0 Å². The Morgan fingerprint density at radius 1 is 1.35 bits per heavy atom. The summed E-state index contributed by atoms with van der Waals surface area (Å²) in [5, 5.41) is 7.55. The number of pyridine rings is 1. The van der Waals surface area contributed by atoms with E-state index in [1.54, 1.807) is 12.4 Å². The van der Waals surface area contributed by atoms with Crippen molar-refractivity contribution >= 4 is 0 Å². The molecule has 1 N–H and O–H groups in total. The molecule has 2 heterocycles. The maximum absolute atomic E-state index is 5.36. The van der Waals surface area contributed by atoms with Gasteiger partial charge >= 0.3 is 0 Å². The third-order valence-electron chi connectivity index (χ3n) is 3.34. The van der Waals surface area contributed by atoms with Gasteiger partial charge in [-0.3, -0.25) is 4.98 Å². The summed E-state index contributed by atoms with van der Waals surface area (Å²) in [6, 6.07) is 2.33. The summed E-state index contributed by atoms with van der Waals surface area (Å²) in [6.45, 7) is 7.36. The summed E-state index contributed by atoms with van der Waals surface area (Å²) in [5.74, 6) is 1.30. The smallest absolute Gasteiger partial charge is 0.228 e. The van der Waals surface area contributed by atoms with E-state index in [-0.39, 0.29) is 0 Å². The maximum atomic E-state index is 5.36. The molecule has 0 radical (unpaired) electrons. The highest BCUT2D eigenvalue weighted by Gasteiger charge is 2.14. The molecule has 0 aliphatic heterocycles.